The van der Waals surface area contributed by atoms with Crippen LogP contribution in [0.1, 0.15) is 11.4 Å². The van der Waals surface area contributed by atoms with Gasteiger partial charge in [0.2, 0.25) is 0 Å². The lowest BCUT2D eigenvalue weighted by Crippen LogP contribution is -1.96. The molecule has 1 aromatic carbocycles. The summed E-state index contributed by atoms with van der Waals surface area (Å²) in [5.41, 5.74) is 3.64. The van der Waals surface area contributed by atoms with Gasteiger partial charge in [-0.1, -0.05) is 24.3 Å². The average Bonchev–Trinajstić information content (AvgIpc) is 2.48. The third-order valence-electron chi connectivity index (χ3n) is 3.22. The number of benzene rings is 1. The van der Waals surface area contributed by atoms with Crippen LogP contribution < -0.4 is 0 Å². The first-order valence-corrected chi connectivity index (χ1v) is 6.48. The van der Waals surface area contributed by atoms with Crippen molar-refractivity contribution in [3.63, 3.8) is 0 Å². The predicted octanol–water partition coefficient (Wildman–Crippen LogP) is 3.08. The molecule has 0 atom stereocenters. The quantitative estimate of drug-likeness (QED) is 0.682. The third-order valence-corrected chi connectivity index (χ3v) is 3.22. The molecule has 3 rings (SSSR count). The Morgan fingerprint density at radius 2 is 1.10 bits per heavy atom. The molecule has 0 fully saturated rings. The minimum atomic E-state index is 0.504. The van der Waals surface area contributed by atoms with Gasteiger partial charge in [-0.15, -0.1) is 0 Å². The molecule has 0 radical (unpaired) electrons. The fourth-order valence-corrected chi connectivity index (χ4v) is 2.31. The second kappa shape index (κ2) is 5.53. The van der Waals surface area contributed by atoms with Gasteiger partial charge in [0.25, 0.3) is 0 Å². The van der Waals surface area contributed by atoms with Crippen LogP contribution in [-0.2, 0) is 22.7 Å². The topological polar surface area (TPSA) is 44.2 Å². The van der Waals surface area contributed by atoms with Gasteiger partial charge in [-0.05, 0) is 12.1 Å². The van der Waals surface area contributed by atoms with E-state index in [1.54, 1.807) is 14.2 Å². The molecule has 0 unspecified atom stereocenters. The first kappa shape index (κ1) is 13.0. The molecule has 4 nitrogen and oxygen atoms in total. The van der Waals surface area contributed by atoms with E-state index in [2.05, 4.69) is 34.2 Å². The van der Waals surface area contributed by atoms with Gasteiger partial charge in [0, 0.05) is 25.0 Å². The normalized spacial score (nSPS) is 11.3. The molecule has 3 aromatic rings. The second-order valence-electron chi connectivity index (χ2n) is 4.68. The fourth-order valence-electron chi connectivity index (χ4n) is 2.31. The van der Waals surface area contributed by atoms with Crippen LogP contribution in [0.4, 0.5) is 0 Å². The molecule has 2 aromatic heterocycles. The Kier molecular flexibility index (Phi) is 3.58. The smallest absolute Gasteiger partial charge is 0.0969 e. The Morgan fingerprint density at radius 1 is 0.700 bits per heavy atom. The Balaban J connectivity index is 2.24. The molecule has 102 valence electrons. The van der Waals surface area contributed by atoms with E-state index in [1.165, 1.54) is 0 Å². The molecule has 0 spiro atoms. The molecule has 0 aliphatic rings. The molecule has 20 heavy (non-hydrogen) atoms. The number of rotatable bonds is 4. The number of ether oxygens (including phenoxy) is 2. The van der Waals surface area contributed by atoms with Crippen molar-refractivity contribution in [2.75, 3.05) is 14.2 Å². The minimum absolute atomic E-state index is 0.504. The summed E-state index contributed by atoms with van der Waals surface area (Å²) in [5.74, 6) is 0. The van der Waals surface area contributed by atoms with Crippen LogP contribution in [0.25, 0.3) is 21.8 Å². The number of fused-ring (bicyclic) bond motifs is 3. The maximum atomic E-state index is 5.15. The van der Waals surface area contributed by atoms with Crippen LogP contribution in [0, 0.1) is 0 Å². The Hall–Kier alpha value is -2.04. The summed E-state index contributed by atoms with van der Waals surface area (Å²) >= 11 is 0. The Labute approximate surface area is 117 Å². The summed E-state index contributed by atoms with van der Waals surface area (Å²) in [6, 6.07) is 12.2. The van der Waals surface area contributed by atoms with Crippen LogP contribution in [0.2, 0.25) is 0 Å². The number of hydrogen-bond acceptors (Lipinski definition) is 4. The highest BCUT2D eigenvalue weighted by molar-refractivity contribution is 6.02. The number of aromatic nitrogens is 2. The average molecular weight is 268 g/mol. The van der Waals surface area contributed by atoms with Crippen molar-refractivity contribution in [2.24, 2.45) is 0 Å². The summed E-state index contributed by atoms with van der Waals surface area (Å²) in [6.45, 7) is 1.01. The summed E-state index contributed by atoms with van der Waals surface area (Å²) < 4.78 is 10.3. The fraction of sp³-hybridized carbons (Fsp3) is 0.250. The van der Waals surface area contributed by atoms with E-state index in [0.717, 1.165) is 33.2 Å². The van der Waals surface area contributed by atoms with Crippen LogP contribution >= 0.6 is 0 Å². The summed E-state index contributed by atoms with van der Waals surface area (Å²) in [5, 5.41) is 2.17. The molecular weight excluding hydrogens is 252 g/mol. The zero-order chi connectivity index (χ0) is 13.9. The van der Waals surface area contributed by atoms with Gasteiger partial charge < -0.3 is 9.47 Å². The minimum Gasteiger partial charge on any atom is -0.378 e. The zero-order valence-corrected chi connectivity index (χ0v) is 11.6. The lowest BCUT2D eigenvalue weighted by atomic mass is 10.1. The van der Waals surface area contributed by atoms with E-state index in [-0.39, 0.29) is 0 Å². The molecule has 0 saturated carbocycles. The summed E-state index contributed by atoms with van der Waals surface area (Å²) in [4.78, 5) is 9.33. The highest BCUT2D eigenvalue weighted by Gasteiger charge is 2.06. The van der Waals surface area contributed by atoms with Gasteiger partial charge in [0.05, 0.1) is 35.6 Å². The maximum absolute atomic E-state index is 5.15. The molecule has 2 heterocycles. The summed E-state index contributed by atoms with van der Waals surface area (Å²) in [6.07, 6.45) is 0. The summed E-state index contributed by atoms with van der Waals surface area (Å²) in [7, 11) is 3.34. The number of pyridine rings is 2. The van der Waals surface area contributed by atoms with Crippen molar-refractivity contribution in [1.82, 2.24) is 9.97 Å². The highest BCUT2D eigenvalue weighted by Crippen LogP contribution is 2.23. The van der Waals surface area contributed by atoms with E-state index < -0.39 is 0 Å². The SMILES string of the molecule is COCc1ccc2ccc3ccc(COC)nc3c2n1. The van der Waals surface area contributed by atoms with E-state index in [9.17, 15) is 0 Å². The van der Waals surface area contributed by atoms with Crippen LogP contribution in [0.5, 0.6) is 0 Å². The van der Waals surface area contributed by atoms with Gasteiger partial charge in [-0.3, -0.25) is 0 Å². The van der Waals surface area contributed by atoms with Crippen molar-refractivity contribution in [1.29, 1.82) is 0 Å². The molecule has 0 saturated heterocycles. The number of methoxy groups -OCH3 is 2. The van der Waals surface area contributed by atoms with Crippen molar-refractivity contribution in [3.8, 4) is 0 Å². The molecule has 4 heteroatoms. The van der Waals surface area contributed by atoms with E-state index in [0.29, 0.717) is 13.2 Å². The molecule has 0 N–H and O–H groups in total. The Bertz CT molecular complexity index is 691. The van der Waals surface area contributed by atoms with Crippen LogP contribution in [0.3, 0.4) is 0 Å². The van der Waals surface area contributed by atoms with Crippen molar-refractivity contribution in [3.05, 3.63) is 47.8 Å². The Morgan fingerprint density at radius 3 is 1.50 bits per heavy atom. The predicted molar refractivity (Wildman–Crippen MR) is 78.5 cm³/mol. The number of nitrogens with zero attached hydrogens (tertiary/aromatic N) is 2. The van der Waals surface area contributed by atoms with E-state index >= 15 is 0 Å². The maximum Gasteiger partial charge on any atom is 0.0969 e. The first-order chi connectivity index (χ1) is 9.81. The monoisotopic (exact) mass is 268 g/mol. The lowest BCUT2D eigenvalue weighted by molar-refractivity contribution is 0.181. The molecular formula is C16H16N2O2. The second-order valence-corrected chi connectivity index (χ2v) is 4.68. The zero-order valence-electron chi connectivity index (χ0n) is 11.6. The molecule has 0 amide bonds. The van der Waals surface area contributed by atoms with Crippen molar-refractivity contribution in [2.45, 2.75) is 13.2 Å². The first-order valence-electron chi connectivity index (χ1n) is 6.48. The molecule has 0 bridgehead atoms. The van der Waals surface area contributed by atoms with Crippen LogP contribution in [0.15, 0.2) is 36.4 Å². The van der Waals surface area contributed by atoms with Crippen molar-refractivity contribution < 1.29 is 9.47 Å². The standard InChI is InChI=1S/C16H16N2O2/c1-19-9-13-7-5-11-3-4-12-6-8-14(10-20-2)18-16(12)15(11)17-13/h3-8H,9-10H2,1-2H3. The van der Waals surface area contributed by atoms with Crippen LogP contribution in [-0.4, -0.2) is 24.2 Å². The van der Waals surface area contributed by atoms with Gasteiger partial charge in [0.15, 0.2) is 0 Å². The van der Waals surface area contributed by atoms with Gasteiger partial charge in [-0.25, -0.2) is 9.97 Å². The highest BCUT2D eigenvalue weighted by atomic mass is 16.5. The van der Waals surface area contributed by atoms with E-state index in [1.807, 2.05) is 12.1 Å². The number of hydrogen-bond donors (Lipinski definition) is 0. The van der Waals surface area contributed by atoms with Gasteiger partial charge >= 0.3 is 0 Å². The van der Waals surface area contributed by atoms with Crippen molar-refractivity contribution >= 4 is 21.8 Å². The largest absolute Gasteiger partial charge is 0.378 e. The molecule has 0 aliphatic carbocycles. The molecule has 0 aliphatic heterocycles. The third kappa shape index (κ3) is 2.35. The lowest BCUT2D eigenvalue weighted by Gasteiger charge is -2.07. The van der Waals surface area contributed by atoms with Gasteiger partial charge in [0.1, 0.15) is 0 Å². The van der Waals surface area contributed by atoms with E-state index in [4.69, 9.17) is 9.47 Å². The van der Waals surface area contributed by atoms with Gasteiger partial charge in [-0.2, -0.15) is 0 Å².